The van der Waals surface area contributed by atoms with Gasteiger partial charge in [-0.3, -0.25) is 4.79 Å². The van der Waals surface area contributed by atoms with E-state index in [1.165, 1.54) is 7.11 Å². The quantitative estimate of drug-likeness (QED) is 0.867. The normalized spacial score (nSPS) is 12.4. The lowest BCUT2D eigenvalue weighted by molar-refractivity contribution is 0.210. The predicted octanol–water partition coefficient (Wildman–Crippen LogP) is 2.03. The van der Waals surface area contributed by atoms with Crippen LogP contribution in [0.5, 0.6) is 5.75 Å². The summed E-state index contributed by atoms with van der Waals surface area (Å²) >= 11 is 0. The van der Waals surface area contributed by atoms with Crippen molar-refractivity contribution >= 4 is 10.9 Å². The summed E-state index contributed by atoms with van der Waals surface area (Å²) in [7, 11) is 3.26. The fourth-order valence-corrected chi connectivity index (χ4v) is 2.31. The summed E-state index contributed by atoms with van der Waals surface area (Å²) in [6.45, 7) is 5.46. The molecule has 1 heterocycles. The van der Waals surface area contributed by atoms with E-state index in [0.29, 0.717) is 16.9 Å². The van der Waals surface area contributed by atoms with Crippen molar-refractivity contribution in [3.63, 3.8) is 0 Å². The lowest BCUT2D eigenvalue weighted by atomic mass is 10.0. The van der Waals surface area contributed by atoms with Crippen LogP contribution in [0.2, 0.25) is 0 Å². The predicted molar refractivity (Wildman–Crippen MR) is 80.3 cm³/mol. The molecular weight excluding hydrogens is 254 g/mol. The highest BCUT2D eigenvalue weighted by Gasteiger charge is 2.18. The van der Waals surface area contributed by atoms with Gasteiger partial charge in [0.2, 0.25) is 0 Å². The Morgan fingerprint density at radius 3 is 2.70 bits per heavy atom. The molecule has 0 spiro atoms. The van der Waals surface area contributed by atoms with E-state index in [0.717, 1.165) is 10.9 Å². The second-order valence-corrected chi connectivity index (χ2v) is 4.96. The average Bonchev–Trinajstić information content (AvgIpc) is 2.44. The van der Waals surface area contributed by atoms with Crippen LogP contribution >= 0.6 is 0 Å². The van der Waals surface area contributed by atoms with Crippen molar-refractivity contribution in [1.82, 2.24) is 4.57 Å². The van der Waals surface area contributed by atoms with Gasteiger partial charge in [-0.15, -0.1) is 0 Å². The summed E-state index contributed by atoms with van der Waals surface area (Å²) in [5.74, 6) is 0.531. The van der Waals surface area contributed by atoms with Crippen molar-refractivity contribution in [2.45, 2.75) is 19.4 Å². The van der Waals surface area contributed by atoms with Crippen molar-refractivity contribution in [3.8, 4) is 5.75 Å². The molecule has 2 aromatic rings. The smallest absolute Gasteiger partial charge is 0.257 e. The topological polar surface area (TPSA) is 51.5 Å². The van der Waals surface area contributed by atoms with Gasteiger partial charge in [-0.2, -0.15) is 0 Å². The molecule has 0 radical (unpaired) electrons. The molecular formula is C16H19NO3. The highest BCUT2D eigenvalue weighted by Crippen LogP contribution is 2.28. The summed E-state index contributed by atoms with van der Waals surface area (Å²) < 4.78 is 7.00. The van der Waals surface area contributed by atoms with Gasteiger partial charge in [0.15, 0.2) is 0 Å². The highest BCUT2D eigenvalue weighted by molar-refractivity contribution is 5.86. The molecule has 0 aliphatic rings. The molecule has 0 saturated carbocycles. The van der Waals surface area contributed by atoms with E-state index >= 15 is 0 Å². The number of fused-ring (bicyclic) bond motifs is 1. The molecule has 1 N–H and O–H groups in total. The molecule has 4 heteroatoms. The van der Waals surface area contributed by atoms with E-state index in [-0.39, 0.29) is 12.0 Å². The van der Waals surface area contributed by atoms with Gasteiger partial charge in [0, 0.05) is 18.9 Å². The zero-order valence-electron chi connectivity index (χ0n) is 12.0. The van der Waals surface area contributed by atoms with Gasteiger partial charge in [0.05, 0.1) is 24.3 Å². The number of hydrogen-bond donors (Lipinski definition) is 1. The first-order valence-electron chi connectivity index (χ1n) is 6.45. The maximum Gasteiger partial charge on any atom is 0.257 e. The number of hydrogen-bond acceptors (Lipinski definition) is 3. The van der Waals surface area contributed by atoms with Gasteiger partial charge in [-0.25, -0.2) is 0 Å². The number of aryl methyl sites for hydroxylation is 1. The van der Waals surface area contributed by atoms with E-state index in [1.807, 2.05) is 24.3 Å². The van der Waals surface area contributed by atoms with Crippen molar-refractivity contribution in [2.75, 3.05) is 7.11 Å². The zero-order valence-corrected chi connectivity index (χ0v) is 12.0. The first kappa shape index (κ1) is 14.3. The van der Waals surface area contributed by atoms with Crippen molar-refractivity contribution < 1.29 is 9.84 Å². The lowest BCUT2D eigenvalue weighted by Crippen LogP contribution is -2.26. The number of aliphatic hydroxyl groups excluding tert-OH is 1. The van der Waals surface area contributed by atoms with Gasteiger partial charge in [-0.1, -0.05) is 24.3 Å². The zero-order chi connectivity index (χ0) is 14.9. The molecule has 0 amide bonds. The number of nitrogens with zero attached hydrogens (tertiary/aromatic N) is 1. The minimum absolute atomic E-state index is 0.152. The third-order valence-corrected chi connectivity index (χ3v) is 3.52. The number of pyridine rings is 1. The monoisotopic (exact) mass is 273 g/mol. The Morgan fingerprint density at radius 2 is 2.10 bits per heavy atom. The minimum atomic E-state index is -0.752. The van der Waals surface area contributed by atoms with Crippen molar-refractivity contribution in [2.24, 2.45) is 7.05 Å². The third kappa shape index (κ3) is 2.34. The number of para-hydroxylation sites is 1. The molecule has 0 bridgehead atoms. The number of benzene rings is 1. The van der Waals surface area contributed by atoms with E-state index in [4.69, 9.17) is 4.74 Å². The van der Waals surface area contributed by atoms with Crippen LogP contribution in [0, 0.1) is 0 Å². The van der Waals surface area contributed by atoms with E-state index in [1.54, 1.807) is 18.5 Å². The van der Waals surface area contributed by atoms with E-state index in [2.05, 4.69) is 6.58 Å². The van der Waals surface area contributed by atoms with Gasteiger partial charge >= 0.3 is 0 Å². The van der Waals surface area contributed by atoms with Crippen LogP contribution in [0.3, 0.4) is 0 Å². The van der Waals surface area contributed by atoms with Crippen LogP contribution in [0.1, 0.15) is 12.5 Å². The molecule has 4 nitrogen and oxygen atoms in total. The van der Waals surface area contributed by atoms with Gasteiger partial charge in [-0.05, 0) is 19.1 Å². The third-order valence-electron chi connectivity index (χ3n) is 3.52. The van der Waals surface area contributed by atoms with Crippen LogP contribution in [0.15, 0.2) is 41.2 Å². The molecule has 0 aliphatic carbocycles. The molecule has 1 aromatic carbocycles. The van der Waals surface area contributed by atoms with Crippen LogP contribution in [0.4, 0.5) is 0 Å². The minimum Gasteiger partial charge on any atom is -0.496 e. The fourth-order valence-electron chi connectivity index (χ4n) is 2.31. The molecule has 0 aliphatic heterocycles. The molecule has 1 unspecified atom stereocenters. The Kier molecular flexibility index (Phi) is 3.95. The van der Waals surface area contributed by atoms with Crippen molar-refractivity contribution in [1.29, 1.82) is 0 Å². The fraction of sp³-hybridized carbons (Fsp3) is 0.312. The molecule has 106 valence electrons. The molecule has 1 aromatic heterocycles. The van der Waals surface area contributed by atoms with Crippen LogP contribution in [-0.2, 0) is 13.5 Å². The number of rotatable bonds is 4. The van der Waals surface area contributed by atoms with Crippen molar-refractivity contribution in [3.05, 3.63) is 52.3 Å². The Hall–Kier alpha value is -2.07. The number of aromatic nitrogens is 1. The standard InChI is InChI=1S/C16H19NO3/c1-10(2)14(18)9-12-15(20-4)11-7-5-6-8-13(11)17(3)16(12)19/h5-8,14,18H,1,9H2,2-4H3. The van der Waals surface area contributed by atoms with Gasteiger partial charge < -0.3 is 14.4 Å². The van der Waals surface area contributed by atoms with Crippen LogP contribution in [0.25, 0.3) is 10.9 Å². The Labute approximate surface area is 117 Å². The molecule has 0 saturated heterocycles. The van der Waals surface area contributed by atoms with Gasteiger partial charge in [0.1, 0.15) is 5.75 Å². The summed E-state index contributed by atoms with van der Waals surface area (Å²) in [6.07, 6.45) is -0.548. The molecule has 2 rings (SSSR count). The van der Waals surface area contributed by atoms with Crippen LogP contribution in [-0.4, -0.2) is 22.9 Å². The van der Waals surface area contributed by atoms with Crippen LogP contribution < -0.4 is 10.3 Å². The summed E-state index contributed by atoms with van der Waals surface area (Å²) in [5.41, 5.74) is 1.76. The maximum absolute atomic E-state index is 12.5. The first-order chi connectivity index (χ1) is 9.47. The first-order valence-corrected chi connectivity index (χ1v) is 6.45. The summed E-state index contributed by atoms with van der Waals surface area (Å²) in [5, 5.41) is 10.8. The SMILES string of the molecule is C=C(C)C(O)Cc1c(OC)c2ccccc2n(C)c1=O. The Morgan fingerprint density at radius 1 is 1.45 bits per heavy atom. The molecule has 20 heavy (non-hydrogen) atoms. The largest absolute Gasteiger partial charge is 0.496 e. The Balaban J connectivity index is 2.73. The second-order valence-electron chi connectivity index (χ2n) is 4.96. The van der Waals surface area contributed by atoms with Gasteiger partial charge in [0.25, 0.3) is 5.56 Å². The Bertz CT molecular complexity index is 715. The second kappa shape index (κ2) is 5.51. The maximum atomic E-state index is 12.5. The number of methoxy groups -OCH3 is 1. The molecule has 0 fully saturated rings. The summed E-state index contributed by atoms with van der Waals surface area (Å²) in [6, 6.07) is 7.56. The lowest BCUT2D eigenvalue weighted by Gasteiger charge is -2.17. The van der Waals surface area contributed by atoms with E-state index in [9.17, 15) is 9.90 Å². The summed E-state index contributed by atoms with van der Waals surface area (Å²) in [4.78, 5) is 12.5. The highest BCUT2D eigenvalue weighted by atomic mass is 16.5. The van der Waals surface area contributed by atoms with E-state index < -0.39 is 6.10 Å². The number of aliphatic hydroxyl groups is 1. The molecule has 1 atom stereocenters. The number of ether oxygens (including phenoxy) is 1. The average molecular weight is 273 g/mol.